The Hall–Kier alpha value is -0.650. The number of hydrogen-bond acceptors (Lipinski definition) is 3. The fraction of sp³-hybridized carbons (Fsp3) is 0.333. The van der Waals surface area contributed by atoms with Gasteiger partial charge in [0.15, 0.2) is 0 Å². The molecule has 0 amide bonds. The fourth-order valence-corrected chi connectivity index (χ4v) is 3.65. The summed E-state index contributed by atoms with van der Waals surface area (Å²) in [6.07, 6.45) is 0. The Bertz CT molecular complexity index is 551. The van der Waals surface area contributed by atoms with Crippen LogP contribution in [-0.2, 0) is 0 Å². The van der Waals surface area contributed by atoms with Crippen LogP contribution in [0.2, 0.25) is 5.02 Å². The fourth-order valence-electron chi connectivity index (χ4n) is 2.70. The van der Waals surface area contributed by atoms with Crippen LogP contribution < -0.4 is 5.32 Å². The molecule has 2 heterocycles. The summed E-state index contributed by atoms with van der Waals surface area (Å²) in [6, 6.07) is 6.87. The Kier molecular flexibility index (Phi) is 6.02. The molecule has 1 aromatic heterocycles. The molecule has 0 spiro atoms. The summed E-state index contributed by atoms with van der Waals surface area (Å²) in [5, 5.41) is 7.94. The van der Waals surface area contributed by atoms with Gasteiger partial charge in [0.25, 0.3) is 0 Å². The van der Waals surface area contributed by atoms with Gasteiger partial charge in [-0.3, -0.25) is 4.90 Å². The largest absolute Gasteiger partial charge is 0.314 e. The molecule has 114 valence electrons. The number of piperazine rings is 1. The SMILES string of the molecule is Cl.Fc1cccc(Cl)c1[C@@H](c1ccsc1)N1CCNCC1. The molecule has 1 atom stereocenters. The van der Waals surface area contributed by atoms with Crippen LogP contribution in [0.5, 0.6) is 0 Å². The highest BCUT2D eigenvalue weighted by Crippen LogP contribution is 2.36. The van der Waals surface area contributed by atoms with Crippen LogP contribution in [0.4, 0.5) is 4.39 Å². The van der Waals surface area contributed by atoms with Crippen LogP contribution in [0.1, 0.15) is 17.2 Å². The zero-order valence-corrected chi connectivity index (χ0v) is 13.8. The van der Waals surface area contributed by atoms with Crippen LogP contribution in [-0.4, -0.2) is 31.1 Å². The lowest BCUT2D eigenvalue weighted by Crippen LogP contribution is -2.45. The Morgan fingerprint density at radius 2 is 2.00 bits per heavy atom. The molecule has 3 rings (SSSR count). The van der Waals surface area contributed by atoms with Gasteiger partial charge in [-0.05, 0) is 34.5 Å². The predicted octanol–water partition coefficient (Wildman–Crippen LogP) is 3.96. The molecular weight excluding hydrogens is 330 g/mol. The smallest absolute Gasteiger partial charge is 0.129 e. The third-order valence-corrected chi connectivity index (χ3v) is 4.68. The minimum absolute atomic E-state index is 0. The summed E-state index contributed by atoms with van der Waals surface area (Å²) in [7, 11) is 0. The number of hydrogen-bond donors (Lipinski definition) is 1. The molecular formula is C15H17Cl2FN2S. The van der Waals surface area contributed by atoms with E-state index in [2.05, 4.69) is 21.7 Å². The molecule has 1 saturated heterocycles. The summed E-state index contributed by atoms with van der Waals surface area (Å²) in [4.78, 5) is 2.29. The van der Waals surface area contributed by atoms with Crippen molar-refractivity contribution in [3.63, 3.8) is 0 Å². The van der Waals surface area contributed by atoms with Crippen LogP contribution in [0.3, 0.4) is 0 Å². The number of nitrogens with zero attached hydrogens (tertiary/aromatic N) is 1. The molecule has 2 nitrogen and oxygen atoms in total. The van der Waals surface area contributed by atoms with Gasteiger partial charge in [0, 0.05) is 36.8 Å². The lowest BCUT2D eigenvalue weighted by Gasteiger charge is -2.35. The van der Waals surface area contributed by atoms with Crippen molar-refractivity contribution in [1.29, 1.82) is 0 Å². The average molecular weight is 347 g/mol. The van der Waals surface area contributed by atoms with Crippen molar-refractivity contribution in [1.82, 2.24) is 10.2 Å². The Morgan fingerprint density at radius 3 is 2.62 bits per heavy atom. The molecule has 0 aliphatic carbocycles. The van der Waals surface area contributed by atoms with E-state index < -0.39 is 0 Å². The van der Waals surface area contributed by atoms with Crippen molar-refractivity contribution in [3.8, 4) is 0 Å². The maximum atomic E-state index is 14.3. The molecule has 1 aliphatic heterocycles. The molecule has 2 aromatic rings. The number of thiophene rings is 1. The quantitative estimate of drug-likeness (QED) is 0.904. The van der Waals surface area contributed by atoms with E-state index >= 15 is 0 Å². The third kappa shape index (κ3) is 3.58. The molecule has 21 heavy (non-hydrogen) atoms. The minimum Gasteiger partial charge on any atom is -0.314 e. The summed E-state index contributed by atoms with van der Waals surface area (Å²) >= 11 is 7.91. The predicted molar refractivity (Wildman–Crippen MR) is 89.3 cm³/mol. The van der Waals surface area contributed by atoms with E-state index in [4.69, 9.17) is 11.6 Å². The summed E-state index contributed by atoms with van der Waals surface area (Å²) in [5.41, 5.74) is 1.71. The minimum atomic E-state index is -0.229. The lowest BCUT2D eigenvalue weighted by atomic mass is 9.98. The number of benzene rings is 1. The van der Waals surface area contributed by atoms with E-state index in [9.17, 15) is 4.39 Å². The summed E-state index contributed by atoms with van der Waals surface area (Å²) in [5.74, 6) is -0.229. The zero-order chi connectivity index (χ0) is 13.9. The number of nitrogens with one attached hydrogen (secondary N) is 1. The van der Waals surface area contributed by atoms with E-state index in [0.717, 1.165) is 31.7 Å². The van der Waals surface area contributed by atoms with Crippen molar-refractivity contribution in [2.24, 2.45) is 0 Å². The van der Waals surface area contributed by atoms with Gasteiger partial charge in [-0.2, -0.15) is 11.3 Å². The number of halogens is 3. The van der Waals surface area contributed by atoms with Crippen molar-refractivity contribution in [2.45, 2.75) is 6.04 Å². The molecule has 0 unspecified atom stereocenters. The van der Waals surface area contributed by atoms with Crippen molar-refractivity contribution in [3.05, 3.63) is 57.0 Å². The second kappa shape index (κ2) is 7.56. The van der Waals surface area contributed by atoms with E-state index in [-0.39, 0.29) is 24.3 Å². The Morgan fingerprint density at radius 1 is 1.24 bits per heavy atom. The van der Waals surface area contributed by atoms with E-state index in [1.165, 1.54) is 6.07 Å². The lowest BCUT2D eigenvalue weighted by molar-refractivity contribution is 0.196. The normalized spacial score (nSPS) is 17.2. The summed E-state index contributed by atoms with van der Waals surface area (Å²) < 4.78 is 14.3. The first kappa shape index (κ1) is 16.7. The molecule has 1 aromatic carbocycles. The van der Waals surface area contributed by atoms with Gasteiger partial charge in [0.1, 0.15) is 5.82 Å². The summed E-state index contributed by atoms with van der Waals surface area (Å²) in [6.45, 7) is 3.63. The van der Waals surface area contributed by atoms with Crippen molar-refractivity contribution in [2.75, 3.05) is 26.2 Å². The van der Waals surface area contributed by atoms with Gasteiger partial charge in [-0.15, -0.1) is 12.4 Å². The second-order valence-corrected chi connectivity index (χ2v) is 6.07. The maximum Gasteiger partial charge on any atom is 0.129 e. The monoisotopic (exact) mass is 346 g/mol. The van der Waals surface area contributed by atoms with Gasteiger partial charge in [-0.25, -0.2) is 4.39 Å². The number of rotatable bonds is 3. The Labute approximate surface area is 139 Å². The molecule has 0 radical (unpaired) electrons. The zero-order valence-electron chi connectivity index (χ0n) is 11.4. The molecule has 0 bridgehead atoms. The topological polar surface area (TPSA) is 15.3 Å². The average Bonchev–Trinajstić information content (AvgIpc) is 2.98. The molecule has 1 aliphatic rings. The first-order valence-corrected chi connectivity index (χ1v) is 8.00. The first-order chi connectivity index (χ1) is 9.77. The van der Waals surface area contributed by atoms with E-state index in [1.807, 2.05) is 5.38 Å². The third-order valence-electron chi connectivity index (χ3n) is 3.65. The highest BCUT2D eigenvalue weighted by atomic mass is 35.5. The van der Waals surface area contributed by atoms with Gasteiger partial charge >= 0.3 is 0 Å². The van der Waals surface area contributed by atoms with E-state index in [1.54, 1.807) is 23.5 Å². The van der Waals surface area contributed by atoms with Gasteiger partial charge < -0.3 is 5.32 Å². The highest BCUT2D eigenvalue weighted by Gasteiger charge is 2.28. The molecule has 6 heteroatoms. The molecule has 1 fully saturated rings. The maximum absolute atomic E-state index is 14.3. The van der Waals surface area contributed by atoms with Crippen LogP contribution >= 0.6 is 35.3 Å². The highest BCUT2D eigenvalue weighted by molar-refractivity contribution is 7.08. The van der Waals surface area contributed by atoms with E-state index in [0.29, 0.717) is 10.6 Å². The van der Waals surface area contributed by atoms with Crippen LogP contribution in [0, 0.1) is 5.82 Å². The van der Waals surface area contributed by atoms with Gasteiger partial charge in [0.2, 0.25) is 0 Å². The van der Waals surface area contributed by atoms with Gasteiger partial charge in [-0.1, -0.05) is 17.7 Å². The second-order valence-electron chi connectivity index (χ2n) is 4.88. The van der Waals surface area contributed by atoms with Crippen molar-refractivity contribution >= 4 is 35.3 Å². The van der Waals surface area contributed by atoms with Crippen LogP contribution in [0.15, 0.2) is 35.0 Å². The molecule has 0 saturated carbocycles. The molecule has 1 N–H and O–H groups in total. The van der Waals surface area contributed by atoms with Crippen LogP contribution in [0.25, 0.3) is 0 Å². The standard InChI is InChI=1S/C15H16ClFN2S.ClH/c16-12-2-1-3-13(17)14(12)15(11-4-9-20-10-11)19-7-5-18-6-8-19;/h1-4,9-10,15,18H,5-8H2;1H/t15-;/m1./s1. The first-order valence-electron chi connectivity index (χ1n) is 6.68. The van der Waals surface area contributed by atoms with Crippen molar-refractivity contribution < 1.29 is 4.39 Å². The Balaban J connectivity index is 0.00000161. The van der Waals surface area contributed by atoms with Gasteiger partial charge in [0.05, 0.1) is 6.04 Å².